The number of methoxy groups -OCH3 is 1. The summed E-state index contributed by atoms with van der Waals surface area (Å²) in [6.45, 7) is 1.56. The molecule has 0 saturated carbocycles. The Hall–Kier alpha value is -0.940. The van der Waals surface area contributed by atoms with Gasteiger partial charge in [0.25, 0.3) is 0 Å². The van der Waals surface area contributed by atoms with Crippen molar-refractivity contribution in [2.75, 3.05) is 7.11 Å². The second-order valence-corrected chi connectivity index (χ2v) is 4.38. The predicted octanol–water partition coefficient (Wildman–Crippen LogP) is 2.92. The standard InChI is InChI=1S/C11H12BrFO3/c1-6(11(14)15)9-4-8(12)3-7(5-16-2)10(9)13/h3-4,6H,5H2,1-2H3,(H,14,15). The molecule has 1 atom stereocenters. The molecule has 1 N–H and O–H groups in total. The molecule has 0 radical (unpaired) electrons. The molecule has 0 fully saturated rings. The molecule has 0 bridgehead atoms. The predicted molar refractivity (Wildman–Crippen MR) is 60.9 cm³/mol. The first-order valence-corrected chi connectivity index (χ1v) is 5.46. The SMILES string of the molecule is COCc1cc(Br)cc(C(C)C(=O)O)c1F. The minimum absolute atomic E-state index is 0.116. The minimum atomic E-state index is -1.06. The van der Waals surface area contributed by atoms with Gasteiger partial charge in [0.15, 0.2) is 0 Å². The Morgan fingerprint density at radius 3 is 2.75 bits per heavy atom. The van der Waals surface area contributed by atoms with Crippen molar-refractivity contribution in [2.24, 2.45) is 0 Å². The van der Waals surface area contributed by atoms with Crippen LogP contribution in [-0.2, 0) is 16.1 Å². The third kappa shape index (κ3) is 2.80. The number of halogens is 2. The maximum absolute atomic E-state index is 13.9. The van der Waals surface area contributed by atoms with Gasteiger partial charge >= 0.3 is 5.97 Å². The highest BCUT2D eigenvalue weighted by molar-refractivity contribution is 9.10. The monoisotopic (exact) mass is 290 g/mol. The number of rotatable bonds is 4. The number of carbonyl (C=O) groups is 1. The van der Waals surface area contributed by atoms with Gasteiger partial charge in [-0.1, -0.05) is 15.9 Å². The average molecular weight is 291 g/mol. The van der Waals surface area contributed by atoms with Crippen molar-refractivity contribution >= 4 is 21.9 Å². The van der Waals surface area contributed by atoms with E-state index in [1.807, 2.05) is 0 Å². The van der Waals surface area contributed by atoms with Crippen LogP contribution in [0.5, 0.6) is 0 Å². The first kappa shape index (κ1) is 13.1. The van der Waals surface area contributed by atoms with E-state index in [-0.39, 0.29) is 12.2 Å². The lowest BCUT2D eigenvalue weighted by Crippen LogP contribution is -2.11. The van der Waals surface area contributed by atoms with Crippen LogP contribution in [0.2, 0.25) is 0 Å². The third-order valence-electron chi connectivity index (χ3n) is 2.28. The van der Waals surface area contributed by atoms with Crippen molar-refractivity contribution in [3.05, 3.63) is 33.5 Å². The van der Waals surface area contributed by atoms with Crippen LogP contribution in [0.1, 0.15) is 24.0 Å². The highest BCUT2D eigenvalue weighted by atomic mass is 79.9. The summed E-state index contributed by atoms with van der Waals surface area (Å²) in [5.74, 6) is -2.45. The van der Waals surface area contributed by atoms with Crippen molar-refractivity contribution in [3.63, 3.8) is 0 Å². The summed E-state index contributed by atoms with van der Waals surface area (Å²) in [7, 11) is 1.46. The van der Waals surface area contributed by atoms with E-state index in [2.05, 4.69) is 15.9 Å². The number of carboxylic acids is 1. The fourth-order valence-electron chi connectivity index (χ4n) is 1.38. The first-order chi connectivity index (χ1) is 7.47. The first-order valence-electron chi connectivity index (χ1n) is 4.67. The highest BCUT2D eigenvalue weighted by Gasteiger charge is 2.20. The van der Waals surface area contributed by atoms with E-state index in [0.717, 1.165) is 0 Å². The molecule has 1 unspecified atom stereocenters. The quantitative estimate of drug-likeness (QED) is 0.927. The van der Waals surface area contributed by atoms with Gasteiger partial charge in [0.05, 0.1) is 12.5 Å². The summed E-state index contributed by atoms with van der Waals surface area (Å²) in [4.78, 5) is 10.8. The molecule has 0 aliphatic heterocycles. The molecule has 0 amide bonds. The van der Waals surface area contributed by atoms with Gasteiger partial charge in [-0.05, 0) is 19.1 Å². The van der Waals surface area contributed by atoms with E-state index in [9.17, 15) is 9.18 Å². The lowest BCUT2D eigenvalue weighted by molar-refractivity contribution is -0.138. The number of aliphatic carboxylic acids is 1. The van der Waals surface area contributed by atoms with Crippen LogP contribution < -0.4 is 0 Å². The lowest BCUT2D eigenvalue weighted by Gasteiger charge is -2.12. The maximum Gasteiger partial charge on any atom is 0.310 e. The minimum Gasteiger partial charge on any atom is -0.481 e. The number of ether oxygens (including phenoxy) is 1. The second-order valence-electron chi connectivity index (χ2n) is 3.46. The molecular formula is C11H12BrFO3. The van der Waals surface area contributed by atoms with Gasteiger partial charge in [-0.3, -0.25) is 4.79 Å². The van der Waals surface area contributed by atoms with Gasteiger partial charge in [-0.2, -0.15) is 0 Å². The lowest BCUT2D eigenvalue weighted by atomic mass is 9.98. The molecule has 0 aliphatic rings. The largest absolute Gasteiger partial charge is 0.481 e. The normalized spacial score (nSPS) is 12.5. The van der Waals surface area contributed by atoms with E-state index >= 15 is 0 Å². The third-order valence-corrected chi connectivity index (χ3v) is 2.74. The average Bonchev–Trinajstić information content (AvgIpc) is 2.22. The molecule has 1 aromatic carbocycles. The van der Waals surface area contributed by atoms with Crippen molar-refractivity contribution in [2.45, 2.75) is 19.4 Å². The van der Waals surface area contributed by atoms with Gasteiger partial charge in [0.1, 0.15) is 5.82 Å². The number of carboxylic acid groups (broad SMARTS) is 1. The molecule has 5 heteroatoms. The summed E-state index contributed by atoms with van der Waals surface area (Å²) in [5.41, 5.74) is 0.508. The van der Waals surface area contributed by atoms with Crippen molar-refractivity contribution in [1.29, 1.82) is 0 Å². The number of hydrogen-bond acceptors (Lipinski definition) is 2. The smallest absolute Gasteiger partial charge is 0.310 e. The highest BCUT2D eigenvalue weighted by Crippen LogP contribution is 2.26. The molecule has 1 aromatic rings. The van der Waals surface area contributed by atoms with Crippen LogP contribution in [0, 0.1) is 5.82 Å². The van der Waals surface area contributed by atoms with Gasteiger partial charge in [-0.25, -0.2) is 4.39 Å². The van der Waals surface area contributed by atoms with Crippen LogP contribution >= 0.6 is 15.9 Å². The topological polar surface area (TPSA) is 46.5 Å². The van der Waals surface area contributed by atoms with Crippen LogP contribution in [0.4, 0.5) is 4.39 Å². The molecule has 0 saturated heterocycles. The van der Waals surface area contributed by atoms with E-state index in [1.54, 1.807) is 6.07 Å². The Bertz CT molecular complexity index is 406. The van der Waals surface area contributed by atoms with Crippen LogP contribution in [0.3, 0.4) is 0 Å². The molecule has 3 nitrogen and oxygen atoms in total. The zero-order valence-corrected chi connectivity index (χ0v) is 10.5. The number of benzene rings is 1. The summed E-state index contributed by atoms with van der Waals surface area (Å²) in [6.07, 6.45) is 0. The van der Waals surface area contributed by atoms with Crippen molar-refractivity contribution < 1.29 is 19.0 Å². The van der Waals surface area contributed by atoms with Crippen molar-refractivity contribution in [3.8, 4) is 0 Å². The Balaban J connectivity index is 3.23. The molecule has 1 rings (SSSR count). The Morgan fingerprint density at radius 2 is 2.25 bits per heavy atom. The van der Waals surface area contributed by atoms with Crippen LogP contribution in [0.15, 0.2) is 16.6 Å². The molecule has 88 valence electrons. The summed E-state index contributed by atoms with van der Waals surface area (Å²) in [5, 5.41) is 8.86. The molecule has 0 spiro atoms. The summed E-state index contributed by atoms with van der Waals surface area (Å²) < 4.78 is 19.4. The van der Waals surface area contributed by atoms with E-state index in [0.29, 0.717) is 10.0 Å². The number of hydrogen-bond donors (Lipinski definition) is 1. The van der Waals surface area contributed by atoms with Crippen LogP contribution in [0.25, 0.3) is 0 Å². The molecule has 0 heterocycles. The van der Waals surface area contributed by atoms with Gasteiger partial charge in [0.2, 0.25) is 0 Å². The van der Waals surface area contributed by atoms with E-state index in [4.69, 9.17) is 9.84 Å². The molecule has 0 aliphatic carbocycles. The van der Waals surface area contributed by atoms with E-state index < -0.39 is 17.7 Å². The summed E-state index contributed by atoms with van der Waals surface area (Å²) in [6, 6.07) is 3.06. The second kappa shape index (κ2) is 5.41. The van der Waals surface area contributed by atoms with Gasteiger partial charge < -0.3 is 9.84 Å². The molecule has 0 aromatic heterocycles. The Morgan fingerprint density at radius 1 is 1.62 bits per heavy atom. The zero-order chi connectivity index (χ0) is 12.3. The van der Waals surface area contributed by atoms with Gasteiger partial charge in [-0.15, -0.1) is 0 Å². The Kier molecular flexibility index (Phi) is 4.44. The maximum atomic E-state index is 13.9. The van der Waals surface area contributed by atoms with Crippen LogP contribution in [-0.4, -0.2) is 18.2 Å². The fraction of sp³-hybridized carbons (Fsp3) is 0.364. The fourth-order valence-corrected chi connectivity index (χ4v) is 1.90. The molecular weight excluding hydrogens is 279 g/mol. The Labute approximate surface area is 101 Å². The zero-order valence-electron chi connectivity index (χ0n) is 8.96. The van der Waals surface area contributed by atoms with Crippen molar-refractivity contribution in [1.82, 2.24) is 0 Å². The summed E-state index contributed by atoms with van der Waals surface area (Å²) >= 11 is 3.22. The van der Waals surface area contributed by atoms with Gasteiger partial charge in [0, 0.05) is 22.7 Å². The van der Waals surface area contributed by atoms with E-state index in [1.165, 1.54) is 20.1 Å². The molecule has 16 heavy (non-hydrogen) atoms.